The van der Waals surface area contributed by atoms with Crippen LogP contribution in [0.5, 0.6) is 5.75 Å². The Morgan fingerprint density at radius 3 is 2.53 bits per heavy atom. The Labute approximate surface area is 115 Å². The van der Waals surface area contributed by atoms with E-state index in [1.165, 1.54) is 12.8 Å². The van der Waals surface area contributed by atoms with Crippen LogP contribution in [0.25, 0.3) is 0 Å². The monoisotopic (exact) mass is 261 g/mol. The molecule has 1 saturated heterocycles. The molecule has 2 rings (SSSR count). The van der Waals surface area contributed by atoms with Gasteiger partial charge in [-0.05, 0) is 44.4 Å². The van der Waals surface area contributed by atoms with Gasteiger partial charge < -0.3 is 9.64 Å². The van der Waals surface area contributed by atoms with Crippen LogP contribution >= 0.6 is 0 Å². The first kappa shape index (κ1) is 13.9. The highest BCUT2D eigenvalue weighted by atomic mass is 16.5. The van der Waals surface area contributed by atoms with Crippen LogP contribution in [0, 0.1) is 6.92 Å². The molecule has 3 nitrogen and oxygen atoms in total. The van der Waals surface area contributed by atoms with E-state index in [9.17, 15) is 4.79 Å². The van der Waals surface area contributed by atoms with Crippen LogP contribution in [-0.2, 0) is 4.79 Å². The summed E-state index contributed by atoms with van der Waals surface area (Å²) < 4.78 is 5.76. The zero-order valence-corrected chi connectivity index (χ0v) is 11.9. The smallest absolute Gasteiger partial charge is 0.263 e. The first-order chi connectivity index (χ1) is 9.16. The van der Waals surface area contributed by atoms with Gasteiger partial charge in [-0.25, -0.2) is 0 Å². The van der Waals surface area contributed by atoms with Gasteiger partial charge in [-0.15, -0.1) is 0 Å². The summed E-state index contributed by atoms with van der Waals surface area (Å²) in [6.45, 7) is 5.62. The van der Waals surface area contributed by atoms with E-state index in [1.54, 1.807) is 0 Å². The molecule has 0 bridgehead atoms. The quantitative estimate of drug-likeness (QED) is 0.836. The topological polar surface area (TPSA) is 29.5 Å². The van der Waals surface area contributed by atoms with Gasteiger partial charge in [-0.1, -0.05) is 25.0 Å². The van der Waals surface area contributed by atoms with Crippen LogP contribution in [0.1, 0.15) is 38.2 Å². The van der Waals surface area contributed by atoms with Gasteiger partial charge in [-0.2, -0.15) is 0 Å². The van der Waals surface area contributed by atoms with E-state index in [-0.39, 0.29) is 5.91 Å². The van der Waals surface area contributed by atoms with Crippen LogP contribution < -0.4 is 4.74 Å². The van der Waals surface area contributed by atoms with Gasteiger partial charge in [0, 0.05) is 13.1 Å². The number of hydrogen-bond donors (Lipinski definition) is 0. The maximum atomic E-state index is 12.3. The summed E-state index contributed by atoms with van der Waals surface area (Å²) in [6.07, 6.45) is 4.29. The molecule has 19 heavy (non-hydrogen) atoms. The van der Waals surface area contributed by atoms with E-state index in [0.29, 0.717) is 0 Å². The third-order valence-corrected chi connectivity index (χ3v) is 3.57. The summed E-state index contributed by atoms with van der Waals surface area (Å²) in [5.74, 6) is 0.888. The molecule has 0 saturated carbocycles. The predicted molar refractivity (Wildman–Crippen MR) is 76.3 cm³/mol. The second-order valence-electron chi connectivity index (χ2n) is 5.32. The minimum Gasteiger partial charge on any atom is -0.481 e. The van der Waals surface area contributed by atoms with Crippen LogP contribution in [0.15, 0.2) is 24.3 Å². The number of benzene rings is 1. The summed E-state index contributed by atoms with van der Waals surface area (Å²) in [5, 5.41) is 0. The number of aryl methyl sites for hydroxylation is 1. The van der Waals surface area contributed by atoms with E-state index in [2.05, 4.69) is 0 Å². The SMILES string of the molecule is Cc1cccc(O[C@@H](C)C(=O)N2CCCCCC2)c1. The molecule has 104 valence electrons. The molecule has 0 aliphatic carbocycles. The molecule has 0 aromatic heterocycles. The largest absolute Gasteiger partial charge is 0.481 e. The molecule has 1 aliphatic rings. The maximum absolute atomic E-state index is 12.3. The summed E-state index contributed by atoms with van der Waals surface area (Å²) in [6, 6.07) is 7.84. The number of amides is 1. The first-order valence-electron chi connectivity index (χ1n) is 7.19. The van der Waals surface area contributed by atoms with Crippen molar-refractivity contribution in [1.29, 1.82) is 0 Å². The van der Waals surface area contributed by atoms with Crippen molar-refractivity contribution in [3.05, 3.63) is 29.8 Å². The molecule has 1 amide bonds. The van der Waals surface area contributed by atoms with Crippen LogP contribution in [0.4, 0.5) is 0 Å². The lowest BCUT2D eigenvalue weighted by Crippen LogP contribution is -2.40. The molecule has 1 aromatic carbocycles. The van der Waals surface area contributed by atoms with Gasteiger partial charge >= 0.3 is 0 Å². The first-order valence-corrected chi connectivity index (χ1v) is 7.19. The molecule has 3 heteroatoms. The molecule has 0 radical (unpaired) electrons. The molecular weight excluding hydrogens is 238 g/mol. The van der Waals surface area contributed by atoms with E-state index < -0.39 is 6.10 Å². The van der Waals surface area contributed by atoms with Crippen molar-refractivity contribution in [2.24, 2.45) is 0 Å². The van der Waals surface area contributed by atoms with Crippen LogP contribution in [0.2, 0.25) is 0 Å². The Morgan fingerprint density at radius 2 is 1.89 bits per heavy atom. The summed E-state index contributed by atoms with van der Waals surface area (Å²) in [4.78, 5) is 14.3. The zero-order chi connectivity index (χ0) is 13.7. The summed E-state index contributed by atoms with van der Waals surface area (Å²) in [7, 11) is 0. The number of hydrogen-bond acceptors (Lipinski definition) is 2. The van der Waals surface area contributed by atoms with Gasteiger partial charge in [0.25, 0.3) is 5.91 Å². The van der Waals surface area contributed by atoms with Gasteiger partial charge in [0.2, 0.25) is 0 Å². The Morgan fingerprint density at radius 1 is 1.21 bits per heavy atom. The highest BCUT2D eigenvalue weighted by Crippen LogP contribution is 2.16. The van der Waals surface area contributed by atoms with Crippen LogP contribution in [-0.4, -0.2) is 30.0 Å². The Kier molecular flexibility index (Phi) is 4.83. The lowest BCUT2D eigenvalue weighted by molar-refractivity contribution is -0.137. The zero-order valence-electron chi connectivity index (χ0n) is 11.9. The highest BCUT2D eigenvalue weighted by Gasteiger charge is 2.22. The molecule has 0 spiro atoms. The number of ether oxygens (including phenoxy) is 1. The van der Waals surface area contributed by atoms with Crippen molar-refractivity contribution >= 4 is 5.91 Å². The number of nitrogens with zero attached hydrogens (tertiary/aromatic N) is 1. The van der Waals surface area contributed by atoms with Crippen molar-refractivity contribution in [3.8, 4) is 5.75 Å². The van der Waals surface area contributed by atoms with Crippen LogP contribution in [0.3, 0.4) is 0 Å². The number of likely N-dealkylation sites (tertiary alicyclic amines) is 1. The molecular formula is C16H23NO2. The van der Waals surface area contributed by atoms with Gasteiger partial charge in [0.15, 0.2) is 6.10 Å². The molecule has 1 atom stereocenters. The Hall–Kier alpha value is -1.51. The van der Waals surface area contributed by atoms with Crippen molar-refractivity contribution in [3.63, 3.8) is 0 Å². The predicted octanol–water partition coefficient (Wildman–Crippen LogP) is 3.16. The average molecular weight is 261 g/mol. The minimum absolute atomic E-state index is 0.114. The summed E-state index contributed by atoms with van der Waals surface area (Å²) in [5.41, 5.74) is 1.15. The highest BCUT2D eigenvalue weighted by molar-refractivity contribution is 5.80. The van der Waals surface area contributed by atoms with Crippen molar-refractivity contribution in [2.45, 2.75) is 45.6 Å². The van der Waals surface area contributed by atoms with Crippen molar-refractivity contribution < 1.29 is 9.53 Å². The molecule has 1 fully saturated rings. The lowest BCUT2D eigenvalue weighted by atomic mass is 10.2. The number of carbonyl (C=O) groups is 1. The fourth-order valence-electron chi connectivity index (χ4n) is 2.49. The molecule has 1 heterocycles. The molecule has 0 unspecified atom stereocenters. The van der Waals surface area contributed by atoms with E-state index in [0.717, 1.165) is 37.2 Å². The Bertz CT molecular complexity index is 423. The molecule has 1 aromatic rings. The normalized spacial score (nSPS) is 17.7. The molecule has 1 aliphatic heterocycles. The third kappa shape index (κ3) is 3.98. The second-order valence-corrected chi connectivity index (χ2v) is 5.32. The summed E-state index contributed by atoms with van der Waals surface area (Å²) >= 11 is 0. The number of rotatable bonds is 3. The maximum Gasteiger partial charge on any atom is 0.263 e. The minimum atomic E-state index is -0.403. The standard InChI is InChI=1S/C16H23NO2/c1-13-8-7-9-15(12-13)19-14(2)16(18)17-10-5-3-4-6-11-17/h7-9,12,14H,3-6,10-11H2,1-2H3/t14-/m0/s1. The Balaban J connectivity index is 1.94. The van der Waals surface area contributed by atoms with Gasteiger partial charge in [0.1, 0.15) is 5.75 Å². The fraction of sp³-hybridized carbons (Fsp3) is 0.562. The third-order valence-electron chi connectivity index (χ3n) is 3.57. The second kappa shape index (κ2) is 6.60. The van der Waals surface area contributed by atoms with Crippen molar-refractivity contribution in [2.75, 3.05) is 13.1 Å². The van der Waals surface area contributed by atoms with Gasteiger partial charge in [0.05, 0.1) is 0 Å². The van der Waals surface area contributed by atoms with Gasteiger partial charge in [-0.3, -0.25) is 4.79 Å². The van der Waals surface area contributed by atoms with E-state index in [4.69, 9.17) is 4.74 Å². The van der Waals surface area contributed by atoms with E-state index >= 15 is 0 Å². The molecule has 0 N–H and O–H groups in total. The van der Waals surface area contributed by atoms with E-state index in [1.807, 2.05) is 43.0 Å². The van der Waals surface area contributed by atoms with Crippen molar-refractivity contribution in [1.82, 2.24) is 4.90 Å². The fourth-order valence-corrected chi connectivity index (χ4v) is 2.49. The number of carbonyl (C=O) groups excluding carboxylic acids is 1. The average Bonchev–Trinajstić information content (AvgIpc) is 2.66. The lowest BCUT2D eigenvalue weighted by Gasteiger charge is -2.24.